The zero-order valence-corrected chi connectivity index (χ0v) is 17.1. The van der Waals surface area contributed by atoms with Crippen molar-refractivity contribution in [2.24, 2.45) is 23.3 Å². The third-order valence-corrected chi connectivity index (χ3v) is 6.74. The van der Waals surface area contributed by atoms with E-state index in [-0.39, 0.29) is 53.9 Å². The lowest BCUT2D eigenvalue weighted by atomic mass is 9.60. The van der Waals surface area contributed by atoms with Crippen LogP contribution in [0.15, 0.2) is 28.7 Å². The number of ketones is 3. The number of hydrogen-bond acceptors (Lipinski definition) is 9. The fourth-order valence-electron chi connectivity index (χ4n) is 5.21. The minimum absolute atomic E-state index is 0.000335. The molecule has 3 atom stereocenters. The van der Waals surface area contributed by atoms with Gasteiger partial charge in [-0.3, -0.25) is 19.2 Å². The fourth-order valence-corrected chi connectivity index (χ4v) is 5.21. The minimum Gasteiger partial charge on any atom is -0.511 e. The molecular formula is C22H22N2O8. The van der Waals surface area contributed by atoms with Gasteiger partial charge in [0, 0.05) is 35.6 Å². The quantitative estimate of drug-likeness (QED) is 0.280. The molecule has 1 amide bonds. The van der Waals surface area contributed by atoms with Crippen molar-refractivity contribution in [3.63, 3.8) is 0 Å². The predicted octanol–water partition coefficient (Wildman–Crippen LogP) is 0.242. The summed E-state index contributed by atoms with van der Waals surface area (Å²) >= 11 is 0. The first-order chi connectivity index (χ1) is 14.9. The van der Waals surface area contributed by atoms with Crippen LogP contribution in [-0.2, 0) is 22.6 Å². The first-order valence-corrected chi connectivity index (χ1v) is 10.0. The average Bonchev–Trinajstić information content (AvgIpc) is 2.70. The van der Waals surface area contributed by atoms with E-state index in [0.717, 1.165) is 0 Å². The summed E-state index contributed by atoms with van der Waals surface area (Å²) in [4.78, 5) is 50.2. The summed E-state index contributed by atoms with van der Waals surface area (Å²) in [6.45, 7) is 1.16. The van der Waals surface area contributed by atoms with Gasteiger partial charge < -0.3 is 31.9 Å². The highest BCUT2D eigenvalue weighted by Gasteiger charge is 2.59. The molecule has 0 aromatic heterocycles. The molecule has 1 aromatic rings. The summed E-state index contributed by atoms with van der Waals surface area (Å²) in [5.74, 6) is -7.43. The second kappa shape index (κ2) is 7.01. The molecule has 0 aliphatic heterocycles. The molecule has 0 bridgehead atoms. The maximum absolute atomic E-state index is 13.4. The fraction of sp³-hybridized carbons (Fsp3) is 0.364. The number of aromatic hydroxyl groups is 1. The van der Waals surface area contributed by atoms with E-state index in [2.05, 4.69) is 0 Å². The monoisotopic (exact) mass is 442 g/mol. The van der Waals surface area contributed by atoms with Gasteiger partial charge in [-0.1, -0.05) is 0 Å². The van der Waals surface area contributed by atoms with E-state index in [4.69, 9.17) is 11.5 Å². The van der Waals surface area contributed by atoms with Crippen molar-refractivity contribution in [1.82, 2.24) is 0 Å². The van der Waals surface area contributed by atoms with Crippen molar-refractivity contribution >= 4 is 23.3 Å². The molecule has 0 saturated carbocycles. The van der Waals surface area contributed by atoms with Gasteiger partial charge in [0.2, 0.25) is 5.78 Å². The topological polar surface area (TPSA) is 201 Å². The molecule has 3 aliphatic rings. The van der Waals surface area contributed by atoms with Crippen LogP contribution in [-0.4, -0.2) is 49.3 Å². The highest BCUT2D eigenvalue weighted by molar-refractivity contribution is 6.24. The molecule has 10 heteroatoms. The summed E-state index contributed by atoms with van der Waals surface area (Å²) in [6.07, 6.45) is -0.242. The van der Waals surface area contributed by atoms with Gasteiger partial charge in [0.1, 0.15) is 22.8 Å². The molecule has 32 heavy (non-hydrogen) atoms. The lowest BCUT2D eigenvalue weighted by molar-refractivity contribution is -0.144. The molecule has 0 fully saturated rings. The van der Waals surface area contributed by atoms with Crippen molar-refractivity contribution in [2.75, 3.05) is 0 Å². The van der Waals surface area contributed by atoms with Gasteiger partial charge in [0.25, 0.3) is 5.91 Å². The summed E-state index contributed by atoms with van der Waals surface area (Å²) in [6, 6.07) is 1.43. The Labute approximate surface area is 181 Å². The molecule has 0 heterocycles. The first kappa shape index (κ1) is 21.7. The number of benzene rings is 1. The average molecular weight is 442 g/mol. The number of phenolic OH excluding ortho intramolecular Hbond substituents is 1. The van der Waals surface area contributed by atoms with Crippen LogP contribution in [0, 0.1) is 11.8 Å². The number of aliphatic hydroxyl groups is 3. The number of fused-ring (bicyclic) bond motifs is 3. The van der Waals surface area contributed by atoms with Crippen LogP contribution in [0.5, 0.6) is 5.75 Å². The van der Waals surface area contributed by atoms with Crippen molar-refractivity contribution in [1.29, 1.82) is 0 Å². The maximum Gasteiger partial charge on any atom is 0.255 e. The number of nitrogens with two attached hydrogens (primary N) is 2. The number of carbonyl (C=O) groups is 4. The number of Topliss-reactive ketones (excluding diaryl/α,β-unsaturated/α-hetero) is 3. The third-order valence-electron chi connectivity index (χ3n) is 6.74. The largest absolute Gasteiger partial charge is 0.511 e. The first-order valence-electron chi connectivity index (χ1n) is 10.0. The van der Waals surface area contributed by atoms with Gasteiger partial charge in [-0.25, -0.2) is 0 Å². The molecule has 4 rings (SSSR count). The normalized spacial score (nSPS) is 27.1. The van der Waals surface area contributed by atoms with Crippen LogP contribution >= 0.6 is 0 Å². The van der Waals surface area contributed by atoms with Gasteiger partial charge in [-0.05, 0) is 37.3 Å². The number of primary amides is 1. The molecule has 0 unspecified atom stereocenters. The summed E-state index contributed by atoms with van der Waals surface area (Å²) in [5.41, 5.74) is 7.52. The number of rotatable bonds is 3. The zero-order chi connectivity index (χ0) is 23.7. The Bertz CT molecular complexity index is 1190. The van der Waals surface area contributed by atoms with E-state index in [9.17, 15) is 39.6 Å². The third kappa shape index (κ3) is 2.66. The summed E-state index contributed by atoms with van der Waals surface area (Å²) in [7, 11) is 0. The second-order valence-electron chi connectivity index (χ2n) is 8.46. The van der Waals surface area contributed by atoms with Gasteiger partial charge in [-0.2, -0.15) is 0 Å². The molecular weight excluding hydrogens is 420 g/mol. The number of phenols is 1. The number of hydrogen-bond donors (Lipinski definition) is 6. The van der Waals surface area contributed by atoms with E-state index in [1.807, 2.05) is 0 Å². The van der Waals surface area contributed by atoms with E-state index in [0.29, 0.717) is 5.56 Å². The van der Waals surface area contributed by atoms with E-state index >= 15 is 0 Å². The predicted molar refractivity (Wildman–Crippen MR) is 109 cm³/mol. The highest BCUT2D eigenvalue weighted by Crippen LogP contribution is 2.52. The zero-order valence-electron chi connectivity index (χ0n) is 17.1. The van der Waals surface area contributed by atoms with Crippen LogP contribution in [0.4, 0.5) is 0 Å². The maximum atomic E-state index is 13.4. The molecule has 168 valence electrons. The molecule has 0 saturated heterocycles. The van der Waals surface area contributed by atoms with Crippen molar-refractivity contribution in [2.45, 2.75) is 38.3 Å². The Morgan fingerprint density at radius 1 is 1.19 bits per heavy atom. The van der Waals surface area contributed by atoms with Crippen LogP contribution in [0.25, 0.3) is 0 Å². The highest BCUT2D eigenvalue weighted by atomic mass is 16.3. The lowest BCUT2D eigenvalue weighted by Gasteiger charge is -2.45. The smallest absolute Gasteiger partial charge is 0.255 e. The van der Waals surface area contributed by atoms with Gasteiger partial charge in [-0.15, -0.1) is 0 Å². The number of carbonyl (C=O) groups excluding carboxylic acids is 4. The minimum atomic E-state index is -2.62. The van der Waals surface area contributed by atoms with Crippen LogP contribution in [0.1, 0.15) is 51.6 Å². The van der Waals surface area contributed by atoms with Gasteiger partial charge in [0.15, 0.2) is 17.2 Å². The second-order valence-corrected chi connectivity index (χ2v) is 8.46. The Kier molecular flexibility index (Phi) is 4.76. The molecule has 0 spiro atoms. The van der Waals surface area contributed by atoms with E-state index in [1.165, 1.54) is 13.0 Å². The van der Waals surface area contributed by atoms with Gasteiger partial charge in [0.05, 0.1) is 5.56 Å². The summed E-state index contributed by atoms with van der Waals surface area (Å²) < 4.78 is 0. The number of allylic oxidation sites excluding steroid dienone is 2. The Balaban J connectivity index is 1.96. The standard InChI is InChI=1S/C22H22N2O8/c1-7(25)11-4-9(6-23)17(27)15-12(11)3-8-2-10-5-13(26)16(21(24)31)20(30)22(10,32)19(29)14(8)18(15)28/h4,8,10,26-27,29,32H,2-3,5-6,23H2,1H3,(H2,24,31)/t8-,10+,22+/m1/s1. The lowest BCUT2D eigenvalue weighted by Crippen LogP contribution is -2.57. The molecule has 0 radical (unpaired) electrons. The van der Waals surface area contributed by atoms with E-state index < -0.39 is 57.8 Å². The Morgan fingerprint density at radius 3 is 2.41 bits per heavy atom. The molecule has 10 nitrogen and oxygen atoms in total. The van der Waals surface area contributed by atoms with Crippen LogP contribution < -0.4 is 11.5 Å². The van der Waals surface area contributed by atoms with Crippen molar-refractivity contribution in [3.05, 3.63) is 51.0 Å². The molecule has 3 aliphatic carbocycles. The van der Waals surface area contributed by atoms with Crippen molar-refractivity contribution < 1.29 is 39.6 Å². The SMILES string of the molecule is CC(=O)c1cc(CN)c(O)c2c1C[C@H]1C[C@H]3CC(O)=C(C(N)=O)C(=O)[C@@]3(O)C(O)=C1C2=O. The number of aliphatic hydroxyl groups excluding tert-OH is 2. The Hall–Kier alpha value is -3.50. The van der Waals surface area contributed by atoms with E-state index in [1.54, 1.807) is 0 Å². The number of amides is 1. The molecule has 8 N–H and O–H groups in total. The van der Waals surface area contributed by atoms with Crippen molar-refractivity contribution in [3.8, 4) is 5.75 Å². The molecule has 1 aromatic carbocycles. The van der Waals surface area contributed by atoms with Crippen LogP contribution in [0.2, 0.25) is 0 Å². The van der Waals surface area contributed by atoms with Crippen LogP contribution in [0.3, 0.4) is 0 Å². The Morgan fingerprint density at radius 2 is 1.84 bits per heavy atom. The van der Waals surface area contributed by atoms with Gasteiger partial charge >= 0.3 is 0 Å². The summed E-state index contributed by atoms with van der Waals surface area (Å²) in [5, 5.41) is 42.9.